The first-order chi connectivity index (χ1) is 56.3. The van der Waals surface area contributed by atoms with Gasteiger partial charge in [0.1, 0.15) is 54.0 Å². The van der Waals surface area contributed by atoms with E-state index in [1.54, 1.807) is 121 Å². The highest BCUT2D eigenvalue weighted by Gasteiger charge is 2.25. The first kappa shape index (κ1) is 88.1. The molecule has 35 heteroatoms. The number of ether oxygens (including phenoxy) is 3. The lowest BCUT2D eigenvalue weighted by Crippen LogP contribution is -2.37. The molecule has 0 fully saturated rings. The van der Waals surface area contributed by atoms with E-state index in [1.807, 2.05) is 6.07 Å². The van der Waals surface area contributed by atoms with Gasteiger partial charge in [-0.1, -0.05) is 71.8 Å². The summed E-state index contributed by atoms with van der Waals surface area (Å²) in [6.45, 7) is 4.09. The third-order valence-corrected chi connectivity index (χ3v) is 16.9. The summed E-state index contributed by atoms with van der Waals surface area (Å²) in [5.41, 5.74) is 14.7. The molecule has 604 valence electrons. The fraction of sp³-hybridized carbons (Fsp3) is 0.183. The van der Waals surface area contributed by atoms with Crippen molar-refractivity contribution in [3.63, 3.8) is 0 Å². The highest BCUT2D eigenvalue weighted by Crippen LogP contribution is 2.44. The van der Waals surface area contributed by atoms with Gasteiger partial charge in [0, 0.05) is 182 Å². The number of ketones is 1. The molecule has 14 N–H and O–H groups in total. The molecular weight excluding hydrogens is 1550 g/mol. The molecule has 11 rings (SSSR count). The van der Waals surface area contributed by atoms with Crippen molar-refractivity contribution in [3.8, 4) is 56.4 Å². The number of methoxy groups -OCH3 is 3. The van der Waals surface area contributed by atoms with Crippen LogP contribution in [0.2, 0.25) is 0 Å². The zero-order chi connectivity index (χ0) is 84.5. The average Bonchev–Trinajstić information content (AvgIpc) is 0.753. The number of fused-ring (bicyclic) bond motifs is 4. The average molecular weight is 1630 g/mol. The van der Waals surface area contributed by atoms with Crippen LogP contribution in [0.4, 0.5) is 17.1 Å². The molecule has 0 bridgehead atoms. The summed E-state index contributed by atoms with van der Waals surface area (Å²) in [4.78, 5) is 132. The number of carboxylic acids is 2. The van der Waals surface area contributed by atoms with E-state index in [9.17, 15) is 73.2 Å². The van der Waals surface area contributed by atoms with Crippen molar-refractivity contribution in [2.45, 2.75) is 6.92 Å². The predicted molar refractivity (Wildman–Crippen MR) is 444 cm³/mol. The number of phenolic OH excluding ortho intramolecular Hbond substituents is 2. The van der Waals surface area contributed by atoms with Crippen LogP contribution in [0.5, 0.6) is 11.5 Å². The Bertz CT molecular complexity index is 5570. The molecule has 7 aromatic carbocycles. The molecule has 2 aliphatic carbocycles. The van der Waals surface area contributed by atoms with E-state index in [2.05, 4.69) is 72.7 Å². The molecule has 2 heterocycles. The molecule has 0 saturated carbocycles. The molecule has 2 aliphatic heterocycles. The van der Waals surface area contributed by atoms with Crippen LogP contribution in [0.25, 0.3) is 77.3 Å². The Hall–Kier alpha value is -14.5. The molecule has 117 heavy (non-hydrogen) atoms. The van der Waals surface area contributed by atoms with E-state index in [4.69, 9.17) is 43.5 Å². The highest BCUT2D eigenvalue weighted by molar-refractivity contribution is 7.80. The van der Waals surface area contributed by atoms with E-state index in [1.165, 1.54) is 88.9 Å². The maximum atomic E-state index is 12.3. The fourth-order valence-corrected chi connectivity index (χ4v) is 11.7. The van der Waals surface area contributed by atoms with Crippen molar-refractivity contribution in [1.29, 1.82) is 0 Å². The van der Waals surface area contributed by atoms with Crippen LogP contribution in [0, 0.1) is 0 Å². The summed E-state index contributed by atoms with van der Waals surface area (Å²) in [5.74, 6) is -3.33. The largest absolute Gasteiger partial charge is 0.508 e. The van der Waals surface area contributed by atoms with Gasteiger partial charge < -0.3 is 96.6 Å². The number of nitrogens with one attached hydrogen (secondary N) is 10. The van der Waals surface area contributed by atoms with Gasteiger partial charge in [0.05, 0.1) is 11.1 Å². The number of amides is 6. The zero-order valence-electron chi connectivity index (χ0n) is 63.2. The number of anilines is 2. The second-order valence-corrected chi connectivity index (χ2v) is 25.7. The number of hydrogen-bond acceptors (Lipinski definition) is 21. The van der Waals surface area contributed by atoms with Crippen molar-refractivity contribution >= 4 is 127 Å². The molecule has 6 amide bonds. The normalized spacial score (nSPS) is 10.4. The number of azide groups is 1. The number of benzene rings is 9. The number of carboxylic acid groups (broad SMARTS) is 2. The lowest BCUT2D eigenvalue weighted by molar-refractivity contribution is -0.125. The lowest BCUT2D eigenvalue weighted by Gasteiger charge is -2.18. The maximum absolute atomic E-state index is 12.3. The Morgan fingerprint density at radius 1 is 0.427 bits per heavy atom. The van der Waals surface area contributed by atoms with Gasteiger partial charge in [-0.05, 0) is 138 Å². The van der Waals surface area contributed by atoms with Crippen LogP contribution in [-0.4, -0.2) is 177 Å². The molecular formula is C82H79N13O20S2. The quantitative estimate of drug-likeness (QED) is 0.00395. The number of hydrogen-bond donors (Lipinski definition) is 14. The summed E-state index contributed by atoms with van der Waals surface area (Å²) < 4.78 is 25.8. The second kappa shape index (κ2) is 44.1. The van der Waals surface area contributed by atoms with Crippen molar-refractivity contribution in [2.75, 3.05) is 104 Å². The Morgan fingerprint density at radius 2 is 0.795 bits per heavy atom. The van der Waals surface area contributed by atoms with E-state index in [-0.39, 0.29) is 116 Å². The van der Waals surface area contributed by atoms with Gasteiger partial charge >= 0.3 is 11.9 Å². The molecule has 0 aromatic heterocycles. The summed E-state index contributed by atoms with van der Waals surface area (Å²) >= 11 is 10.5. The van der Waals surface area contributed by atoms with Crippen molar-refractivity contribution in [1.82, 2.24) is 42.5 Å². The lowest BCUT2D eigenvalue weighted by atomic mass is 9.90. The first-order valence-electron chi connectivity index (χ1n) is 35.4. The molecule has 7 aromatic rings. The fourth-order valence-electron chi connectivity index (χ4n) is 11.2. The molecule has 33 nitrogen and oxygen atoms in total. The molecule has 0 unspecified atom stereocenters. The Balaban J connectivity index is 0.000000200. The van der Waals surface area contributed by atoms with E-state index >= 15 is 0 Å². The van der Waals surface area contributed by atoms with Crippen LogP contribution in [0.3, 0.4) is 0 Å². The number of nitrogens with zero attached hydrogens (tertiary/aromatic N) is 3. The highest BCUT2D eigenvalue weighted by atomic mass is 32.1. The Morgan fingerprint density at radius 3 is 1.19 bits per heavy atom. The number of carbonyl (C=O) groups is 9. The van der Waals surface area contributed by atoms with Gasteiger partial charge in [0.25, 0.3) is 11.8 Å². The first-order valence-corrected chi connectivity index (χ1v) is 36.3. The van der Waals surface area contributed by atoms with Gasteiger partial charge in [-0.25, -0.2) is 9.59 Å². The van der Waals surface area contributed by atoms with Gasteiger partial charge in [0.15, 0.2) is 26.9 Å². The topological polar surface area (TPSA) is 492 Å². The van der Waals surface area contributed by atoms with E-state index in [0.29, 0.717) is 147 Å². The number of phenols is 2. The summed E-state index contributed by atoms with van der Waals surface area (Å²) in [6.07, 6.45) is 0. The van der Waals surface area contributed by atoms with Crippen LogP contribution in [-0.2, 0) is 33.4 Å². The van der Waals surface area contributed by atoms with Crippen LogP contribution in [0.15, 0.2) is 212 Å². The minimum absolute atomic E-state index is 0.00382. The maximum Gasteiger partial charge on any atom is 0.336 e. The van der Waals surface area contributed by atoms with Gasteiger partial charge in [0.2, 0.25) is 23.6 Å². The minimum Gasteiger partial charge on any atom is -0.508 e. The number of rotatable bonds is 29. The van der Waals surface area contributed by atoms with Crippen molar-refractivity contribution < 1.29 is 86.6 Å². The summed E-state index contributed by atoms with van der Waals surface area (Å²) in [5, 5.41) is 72.6. The van der Waals surface area contributed by atoms with Crippen LogP contribution >= 0.6 is 24.4 Å². The second-order valence-electron chi connectivity index (χ2n) is 24.9. The SMILES string of the molecule is CC(=O)NCCNC(=S)Nc1ccc(-c2c3ccc(=O)cc-3oc3cc(O)ccc23)c(C(=O)O)c1.COCC(=O)NCCNC(=O)c1ccc(C(=O)c2ccccc2)cc1.COCC(=O)NCCNC(=O)c1ccc(N=[N+]=[N-])cc1.COCC(=O)NCCNC(=S)Nc1ccc(-c2c3ccc(=O)cc-3oc3cc(O)ccc23)c(C(=O)O)c1. The van der Waals surface area contributed by atoms with Gasteiger partial charge in [-0.3, -0.25) is 43.2 Å². The monoisotopic (exact) mass is 1630 g/mol. The number of thiocarbonyl (C=S) groups is 2. The summed E-state index contributed by atoms with van der Waals surface area (Å²) in [7, 11) is 4.30. The Labute approximate surface area is 677 Å². The zero-order valence-corrected chi connectivity index (χ0v) is 64.8. The molecule has 4 aliphatic rings. The van der Waals surface area contributed by atoms with Crippen molar-refractivity contribution in [2.24, 2.45) is 5.11 Å². The molecule has 0 saturated heterocycles. The van der Waals surface area contributed by atoms with Crippen molar-refractivity contribution in [3.05, 3.63) is 252 Å². The smallest absolute Gasteiger partial charge is 0.336 e. The predicted octanol–water partition coefficient (Wildman–Crippen LogP) is 8.94. The molecule has 0 radical (unpaired) electrons. The Kier molecular flexibility index (Phi) is 33.2. The number of aromatic carboxylic acids is 2. The van der Waals surface area contributed by atoms with Crippen LogP contribution in [0.1, 0.15) is 64.3 Å². The van der Waals surface area contributed by atoms with E-state index < -0.39 is 11.9 Å². The van der Waals surface area contributed by atoms with Gasteiger partial charge in [-0.2, -0.15) is 0 Å². The molecule has 0 spiro atoms. The minimum atomic E-state index is -1.17. The standard InChI is InChI=1S/C26H23N3O7S.C25H21N3O6S.C19H20N2O4.C12H15N5O3/c1-35-13-23(32)27-8-9-28-26(37)29-14-2-5-17(20(10-14)25(33)34)24-18-6-3-15(30)11-21(18)36-22-12-16(31)4-7-19(22)24;1-13(29)26-8-9-27-25(35)28-14-2-5-17(20(10-14)24(32)33)23-18-6-3-15(30)11-21(18)34-22-12-16(31)4-7-19(22)23;1-25-13-17(22)20-11-12-21-19(24)16-9-7-15(8-10-16)18(23)14-5-3-2-4-6-14;1-20-8-11(18)14-6-7-15-12(19)9-2-4-10(5-3-9)16-17-13/h2-7,10-12,30H,8-9,13H2,1H3,(H,27,32)(H,33,34)(H2,28,29,37);2-7,10-12,30H,8-9H2,1H3,(H,26,29)(H,32,33)(H2,27,28,35);2-10H,11-13H2,1H3,(H,20,22)(H,21,24);2-5H,6-8H2,1H3,(H,14,18)(H,15,19). The van der Waals surface area contributed by atoms with Crippen LogP contribution < -0.4 is 64.0 Å². The third kappa shape index (κ3) is 26.3. The number of aromatic hydroxyl groups is 2. The third-order valence-electron chi connectivity index (χ3n) is 16.5. The van der Waals surface area contributed by atoms with Gasteiger partial charge in [-0.15, -0.1) is 0 Å². The number of carbonyl (C=O) groups excluding carboxylic acids is 7. The molecule has 0 atom stereocenters. The van der Waals surface area contributed by atoms with E-state index in [0.717, 1.165) is 0 Å². The summed E-state index contributed by atoms with van der Waals surface area (Å²) in [6, 6.07) is 48.9.